The molecule has 0 spiro atoms. The van der Waals surface area contributed by atoms with Crippen LogP contribution in [0.4, 0.5) is 10.1 Å². The number of H-pyrrole nitrogens is 1. The highest BCUT2D eigenvalue weighted by Gasteiger charge is 2.13. The number of benzene rings is 3. The van der Waals surface area contributed by atoms with Crippen molar-refractivity contribution >= 4 is 39.4 Å². The molecule has 2 heterocycles. The van der Waals surface area contributed by atoms with Crippen LogP contribution >= 0.6 is 0 Å². The highest BCUT2D eigenvalue weighted by molar-refractivity contribution is 6.12. The highest BCUT2D eigenvalue weighted by atomic mass is 19.1. The standard InChI is InChI=1S/C26H16FN3O3/c27-18-9-5-17(6-10-18)25-26-22(21-3-1-2-4-23(21)29-26)15-19(28-25)11-14-24(31)16-7-12-20(13-8-16)30(32)33/h1-15,29H/b14-11+. The molecule has 0 unspecified atom stereocenters. The predicted octanol–water partition coefficient (Wildman–Crippen LogP) is 6.33. The molecule has 3 aromatic carbocycles. The second-order valence-corrected chi connectivity index (χ2v) is 7.50. The van der Waals surface area contributed by atoms with E-state index in [1.54, 1.807) is 18.2 Å². The zero-order valence-corrected chi connectivity index (χ0v) is 17.2. The molecule has 5 rings (SSSR count). The van der Waals surface area contributed by atoms with Gasteiger partial charge in [-0.25, -0.2) is 9.37 Å². The van der Waals surface area contributed by atoms with Gasteiger partial charge in [-0.3, -0.25) is 14.9 Å². The molecule has 0 amide bonds. The van der Waals surface area contributed by atoms with Crippen LogP contribution in [0.5, 0.6) is 0 Å². The topological polar surface area (TPSA) is 88.9 Å². The van der Waals surface area contributed by atoms with E-state index in [2.05, 4.69) is 4.98 Å². The van der Waals surface area contributed by atoms with Gasteiger partial charge < -0.3 is 4.98 Å². The Bertz CT molecular complexity index is 1550. The SMILES string of the molecule is O=C(/C=C/c1cc2c([nH]c3ccccc32)c(-c2ccc(F)cc2)n1)c1ccc([N+](=O)[O-])cc1. The first kappa shape index (κ1) is 20.3. The highest BCUT2D eigenvalue weighted by Crippen LogP contribution is 2.33. The number of nitro benzene ring substituents is 1. The summed E-state index contributed by atoms with van der Waals surface area (Å²) in [4.78, 5) is 31.0. The monoisotopic (exact) mass is 437 g/mol. The summed E-state index contributed by atoms with van der Waals surface area (Å²) in [6.07, 6.45) is 3.00. The molecule has 33 heavy (non-hydrogen) atoms. The smallest absolute Gasteiger partial charge is 0.269 e. The maximum Gasteiger partial charge on any atom is 0.269 e. The number of nitrogens with one attached hydrogen (secondary N) is 1. The number of hydrogen-bond acceptors (Lipinski definition) is 4. The predicted molar refractivity (Wildman–Crippen MR) is 125 cm³/mol. The molecule has 0 atom stereocenters. The Labute approximate surface area is 187 Å². The first-order chi connectivity index (χ1) is 16.0. The van der Waals surface area contributed by atoms with Crippen LogP contribution in [0.1, 0.15) is 16.1 Å². The normalized spacial score (nSPS) is 11.4. The minimum Gasteiger partial charge on any atom is -0.353 e. The molecule has 0 aliphatic carbocycles. The summed E-state index contributed by atoms with van der Waals surface area (Å²) in [5, 5.41) is 12.8. The molecule has 6 nitrogen and oxygen atoms in total. The minimum absolute atomic E-state index is 0.0778. The molecule has 0 saturated heterocycles. The van der Waals surface area contributed by atoms with E-state index >= 15 is 0 Å². The molecule has 0 bridgehead atoms. The van der Waals surface area contributed by atoms with E-state index in [0.717, 1.165) is 27.4 Å². The maximum atomic E-state index is 13.5. The van der Waals surface area contributed by atoms with E-state index in [9.17, 15) is 19.3 Å². The Hall–Kier alpha value is -4.65. The zero-order chi connectivity index (χ0) is 22.9. The van der Waals surface area contributed by atoms with Crippen LogP contribution in [0, 0.1) is 15.9 Å². The fraction of sp³-hybridized carbons (Fsp3) is 0. The van der Waals surface area contributed by atoms with Crippen LogP contribution in [0.3, 0.4) is 0 Å². The van der Waals surface area contributed by atoms with Crippen molar-refractivity contribution in [2.24, 2.45) is 0 Å². The molecule has 0 radical (unpaired) electrons. The van der Waals surface area contributed by atoms with Crippen LogP contribution < -0.4 is 0 Å². The second-order valence-electron chi connectivity index (χ2n) is 7.50. The summed E-state index contributed by atoms with van der Waals surface area (Å²) in [7, 11) is 0. The number of nitro groups is 1. The first-order valence-electron chi connectivity index (χ1n) is 10.1. The average Bonchev–Trinajstić information content (AvgIpc) is 3.21. The number of para-hydroxylation sites is 1. The lowest BCUT2D eigenvalue weighted by molar-refractivity contribution is -0.384. The number of aromatic amines is 1. The number of ketones is 1. The Morgan fingerprint density at radius 1 is 0.970 bits per heavy atom. The van der Waals surface area contributed by atoms with Gasteiger partial charge in [-0.2, -0.15) is 0 Å². The fourth-order valence-corrected chi connectivity index (χ4v) is 3.77. The molecule has 0 fully saturated rings. The quantitative estimate of drug-likeness (QED) is 0.151. The van der Waals surface area contributed by atoms with Crippen molar-refractivity contribution in [2.75, 3.05) is 0 Å². The first-order valence-corrected chi connectivity index (χ1v) is 10.1. The van der Waals surface area contributed by atoms with Gasteiger partial charge in [-0.05, 0) is 60.7 Å². The number of non-ortho nitro benzene ring substituents is 1. The molecule has 0 aliphatic rings. The number of allylic oxidation sites excluding steroid dienone is 1. The Kier molecular flexibility index (Phi) is 4.99. The maximum absolute atomic E-state index is 13.5. The molecule has 7 heteroatoms. The third-order valence-electron chi connectivity index (χ3n) is 5.40. The summed E-state index contributed by atoms with van der Waals surface area (Å²) in [6.45, 7) is 0. The van der Waals surface area contributed by atoms with Crippen molar-refractivity contribution in [3.05, 3.63) is 112 Å². The van der Waals surface area contributed by atoms with E-state index in [0.29, 0.717) is 17.0 Å². The summed E-state index contributed by atoms with van der Waals surface area (Å²) in [5.41, 5.74) is 3.97. The largest absolute Gasteiger partial charge is 0.353 e. The molecule has 160 valence electrons. The van der Waals surface area contributed by atoms with Crippen molar-refractivity contribution in [1.82, 2.24) is 9.97 Å². The van der Waals surface area contributed by atoms with Crippen molar-refractivity contribution in [3.63, 3.8) is 0 Å². The third kappa shape index (κ3) is 3.87. The Morgan fingerprint density at radius 2 is 1.70 bits per heavy atom. The van der Waals surface area contributed by atoms with Gasteiger partial charge in [0, 0.05) is 39.5 Å². The summed E-state index contributed by atoms with van der Waals surface area (Å²) in [5.74, 6) is -0.634. The van der Waals surface area contributed by atoms with Crippen LogP contribution in [0.15, 0.2) is 84.9 Å². The van der Waals surface area contributed by atoms with Gasteiger partial charge in [0.25, 0.3) is 5.69 Å². The van der Waals surface area contributed by atoms with Crippen LogP contribution in [-0.4, -0.2) is 20.7 Å². The van der Waals surface area contributed by atoms with Crippen molar-refractivity contribution in [1.29, 1.82) is 0 Å². The number of carbonyl (C=O) groups excluding carboxylic acids is 1. The number of halogens is 1. The number of carbonyl (C=O) groups is 1. The van der Waals surface area contributed by atoms with E-state index in [-0.39, 0.29) is 17.3 Å². The van der Waals surface area contributed by atoms with Gasteiger partial charge >= 0.3 is 0 Å². The Morgan fingerprint density at radius 3 is 2.42 bits per heavy atom. The van der Waals surface area contributed by atoms with Crippen LogP contribution in [0.2, 0.25) is 0 Å². The van der Waals surface area contributed by atoms with E-state index in [4.69, 9.17) is 4.98 Å². The number of pyridine rings is 1. The summed E-state index contributed by atoms with van der Waals surface area (Å²) < 4.78 is 13.5. The van der Waals surface area contributed by atoms with E-state index in [1.807, 2.05) is 30.3 Å². The van der Waals surface area contributed by atoms with Crippen molar-refractivity contribution in [2.45, 2.75) is 0 Å². The number of rotatable bonds is 5. The van der Waals surface area contributed by atoms with Crippen molar-refractivity contribution < 1.29 is 14.1 Å². The van der Waals surface area contributed by atoms with Crippen LogP contribution in [0.25, 0.3) is 39.1 Å². The lowest BCUT2D eigenvalue weighted by Crippen LogP contribution is -1.96. The van der Waals surface area contributed by atoms with E-state index < -0.39 is 4.92 Å². The van der Waals surface area contributed by atoms with Gasteiger partial charge in [-0.1, -0.05) is 18.2 Å². The molecule has 5 aromatic rings. The summed E-state index contributed by atoms with van der Waals surface area (Å²) in [6, 6.07) is 21.3. The molecule has 0 aliphatic heterocycles. The molecular weight excluding hydrogens is 421 g/mol. The molecule has 2 aromatic heterocycles. The Balaban J connectivity index is 1.59. The zero-order valence-electron chi connectivity index (χ0n) is 17.2. The molecular formula is C26H16FN3O3. The number of nitrogens with zero attached hydrogens (tertiary/aromatic N) is 2. The van der Waals surface area contributed by atoms with Gasteiger partial charge in [0.1, 0.15) is 5.82 Å². The number of aromatic nitrogens is 2. The second kappa shape index (κ2) is 8.12. The van der Waals surface area contributed by atoms with Gasteiger partial charge in [0.05, 0.1) is 21.8 Å². The lowest BCUT2D eigenvalue weighted by atomic mass is 10.1. The summed E-state index contributed by atoms with van der Waals surface area (Å²) >= 11 is 0. The minimum atomic E-state index is -0.512. The van der Waals surface area contributed by atoms with Crippen LogP contribution in [-0.2, 0) is 0 Å². The third-order valence-corrected chi connectivity index (χ3v) is 5.40. The van der Waals surface area contributed by atoms with Gasteiger partial charge in [0.2, 0.25) is 0 Å². The molecule has 1 N–H and O–H groups in total. The average molecular weight is 437 g/mol. The molecule has 0 saturated carbocycles. The lowest BCUT2D eigenvalue weighted by Gasteiger charge is -2.05. The fourth-order valence-electron chi connectivity index (χ4n) is 3.77. The van der Waals surface area contributed by atoms with Gasteiger partial charge in [-0.15, -0.1) is 0 Å². The van der Waals surface area contributed by atoms with Crippen molar-refractivity contribution in [3.8, 4) is 11.3 Å². The van der Waals surface area contributed by atoms with Gasteiger partial charge in [0.15, 0.2) is 5.78 Å². The number of fused-ring (bicyclic) bond motifs is 3. The number of hydrogen-bond donors (Lipinski definition) is 1. The van der Waals surface area contributed by atoms with E-state index in [1.165, 1.54) is 42.5 Å².